The van der Waals surface area contributed by atoms with Gasteiger partial charge in [0.15, 0.2) is 0 Å². The number of hydrogen-bond donors (Lipinski definition) is 0. The fourth-order valence-electron chi connectivity index (χ4n) is 2.80. The minimum atomic E-state index is -0.616. The number of methoxy groups -OCH3 is 1. The molecule has 114 valence electrons. The summed E-state index contributed by atoms with van der Waals surface area (Å²) in [5.74, 6) is 0.0578. The molecule has 4 heteroatoms. The second kappa shape index (κ2) is 5.88. The molecule has 1 fully saturated rings. The average Bonchev–Trinajstić information content (AvgIpc) is 3.18. The van der Waals surface area contributed by atoms with Crippen LogP contribution in [0.2, 0.25) is 0 Å². The van der Waals surface area contributed by atoms with Gasteiger partial charge in [0, 0.05) is 5.92 Å². The van der Waals surface area contributed by atoms with Gasteiger partial charge in [-0.15, -0.1) is 0 Å². The summed E-state index contributed by atoms with van der Waals surface area (Å²) in [7, 11) is 1.35. The molecule has 4 nitrogen and oxygen atoms in total. The Balaban J connectivity index is 2.45. The molecule has 1 amide bonds. The maximum atomic E-state index is 12.8. The summed E-state index contributed by atoms with van der Waals surface area (Å²) < 4.78 is 4.84. The lowest BCUT2D eigenvalue weighted by molar-refractivity contribution is -0.143. The van der Waals surface area contributed by atoms with Crippen molar-refractivity contribution in [1.82, 2.24) is 0 Å². The third-order valence-corrected chi connectivity index (χ3v) is 4.27. The lowest BCUT2D eigenvalue weighted by Crippen LogP contribution is -2.45. The van der Waals surface area contributed by atoms with Gasteiger partial charge < -0.3 is 4.74 Å². The third-order valence-electron chi connectivity index (χ3n) is 4.27. The number of hydrogen-bond acceptors (Lipinski definition) is 3. The third kappa shape index (κ3) is 2.94. The molecule has 1 aliphatic carbocycles. The number of aryl methyl sites for hydroxylation is 2. The van der Waals surface area contributed by atoms with Crippen LogP contribution in [0.25, 0.3) is 0 Å². The molecular formula is C17H23NO3. The van der Waals surface area contributed by atoms with Crippen LogP contribution in [0.5, 0.6) is 0 Å². The highest BCUT2D eigenvalue weighted by Crippen LogP contribution is 2.41. The van der Waals surface area contributed by atoms with Gasteiger partial charge in [-0.25, -0.2) is 4.79 Å². The van der Waals surface area contributed by atoms with Crippen LogP contribution >= 0.6 is 0 Å². The Morgan fingerprint density at radius 3 is 2.24 bits per heavy atom. The summed E-state index contributed by atoms with van der Waals surface area (Å²) in [6, 6.07) is 5.26. The van der Waals surface area contributed by atoms with Gasteiger partial charge in [0.05, 0.1) is 12.8 Å². The first-order valence-electron chi connectivity index (χ1n) is 7.35. The van der Waals surface area contributed by atoms with Crippen molar-refractivity contribution in [2.75, 3.05) is 12.0 Å². The summed E-state index contributed by atoms with van der Waals surface area (Å²) in [5, 5.41) is 0. The summed E-state index contributed by atoms with van der Waals surface area (Å²) in [4.78, 5) is 26.4. The molecule has 0 bridgehead atoms. The van der Waals surface area contributed by atoms with Crippen LogP contribution in [0.4, 0.5) is 5.69 Å². The highest BCUT2D eigenvalue weighted by Gasteiger charge is 2.44. The zero-order valence-electron chi connectivity index (χ0n) is 13.3. The molecule has 1 aromatic rings. The fraction of sp³-hybridized carbons (Fsp3) is 0.529. The van der Waals surface area contributed by atoms with E-state index in [1.165, 1.54) is 7.11 Å². The van der Waals surface area contributed by atoms with Crippen LogP contribution in [-0.2, 0) is 14.3 Å². The smallest absolute Gasteiger partial charge is 0.328 e. The van der Waals surface area contributed by atoms with Crippen molar-refractivity contribution in [3.05, 3.63) is 29.3 Å². The minimum absolute atomic E-state index is 0.0242. The molecule has 0 heterocycles. The Labute approximate surface area is 126 Å². The molecule has 2 rings (SSSR count). The van der Waals surface area contributed by atoms with E-state index in [0.29, 0.717) is 5.92 Å². The van der Waals surface area contributed by atoms with Gasteiger partial charge in [-0.05, 0) is 44.2 Å². The summed E-state index contributed by atoms with van der Waals surface area (Å²) in [6.45, 7) is 7.71. The zero-order valence-corrected chi connectivity index (χ0v) is 13.3. The molecule has 1 aliphatic rings. The highest BCUT2D eigenvalue weighted by atomic mass is 16.5. The van der Waals surface area contributed by atoms with Crippen molar-refractivity contribution in [2.24, 2.45) is 11.8 Å². The van der Waals surface area contributed by atoms with Gasteiger partial charge in [-0.3, -0.25) is 9.69 Å². The van der Waals surface area contributed by atoms with E-state index < -0.39 is 6.04 Å². The normalized spacial score (nSPS) is 21.6. The second-order valence-corrected chi connectivity index (χ2v) is 5.97. The standard InChI is InChI=1S/C17H23NO3/c1-10-7-6-8-11(2)15(10)18(13(4)17(20)21-5)16(19)14-9-12(14)3/h6-8,12-14H,9H2,1-5H3. The van der Waals surface area contributed by atoms with Crippen LogP contribution in [0.1, 0.15) is 31.4 Å². The molecule has 0 radical (unpaired) electrons. The van der Waals surface area contributed by atoms with E-state index in [9.17, 15) is 9.59 Å². The van der Waals surface area contributed by atoms with E-state index in [1.807, 2.05) is 32.0 Å². The minimum Gasteiger partial charge on any atom is -0.467 e. The summed E-state index contributed by atoms with van der Waals surface area (Å²) in [6.07, 6.45) is 0.897. The van der Waals surface area contributed by atoms with Gasteiger partial charge in [-0.2, -0.15) is 0 Å². The van der Waals surface area contributed by atoms with Crippen LogP contribution in [0.3, 0.4) is 0 Å². The van der Waals surface area contributed by atoms with E-state index in [4.69, 9.17) is 4.74 Å². The van der Waals surface area contributed by atoms with Crippen molar-refractivity contribution >= 4 is 17.6 Å². The maximum absolute atomic E-state index is 12.8. The van der Waals surface area contributed by atoms with Gasteiger partial charge in [0.1, 0.15) is 6.04 Å². The summed E-state index contributed by atoms with van der Waals surface area (Å²) in [5.41, 5.74) is 2.82. The number of anilines is 1. The zero-order chi connectivity index (χ0) is 15.7. The van der Waals surface area contributed by atoms with E-state index in [0.717, 1.165) is 23.2 Å². The Hall–Kier alpha value is -1.84. The SMILES string of the molecule is COC(=O)C(C)N(C(=O)C1CC1C)c1c(C)cccc1C. The first-order chi connectivity index (χ1) is 9.88. The molecule has 0 saturated heterocycles. The lowest BCUT2D eigenvalue weighted by Gasteiger charge is -2.30. The van der Waals surface area contributed by atoms with Crippen LogP contribution in [0.15, 0.2) is 18.2 Å². The first-order valence-corrected chi connectivity index (χ1v) is 7.35. The number of benzene rings is 1. The van der Waals surface area contributed by atoms with Crippen LogP contribution in [0, 0.1) is 25.7 Å². The number of carbonyl (C=O) groups excluding carboxylic acids is 2. The Kier molecular flexibility index (Phi) is 4.35. The second-order valence-electron chi connectivity index (χ2n) is 5.97. The number of carbonyl (C=O) groups is 2. The average molecular weight is 289 g/mol. The molecule has 21 heavy (non-hydrogen) atoms. The molecule has 0 N–H and O–H groups in total. The lowest BCUT2D eigenvalue weighted by atomic mass is 10.0. The van der Waals surface area contributed by atoms with E-state index in [2.05, 4.69) is 6.92 Å². The van der Waals surface area contributed by atoms with Crippen LogP contribution < -0.4 is 4.90 Å². The van der Waals surface area contributed by atoms with Crippen LogP contribution in [-0.4, -0.2) is 25.0 Å². The van der Waals surface area contributed by atoms with Crippen molar-refractivity contribution < 1.29 is 14.3 Å². The molecule has 0 spiro atoms. The number of esters is 1. The van der Waals surface area contributed by atoms with Crippen molar-refractivity contribution in [2.45, 2.75) is 40.2 Å². The van der Waals surface area contributed by atoms with Gasteiger partial charge in [0.2, 0.25) is 5.91 Å². The number of amides is 1. The van der Waals surface area contributed by atoms with Gasteiger partial charge in [-0.1, -0.05) is 25.1 Å². The van der Waals surface area contributed by atoms with Crippen molar-refractivity contribution in [3.8, 4) is 0 Å². The van der Waals surface area contributed by atoms with Gasteiger partial charge in [0.25, 0.3) is 0 Å². The van der Waals surface area contributed by atoms with Crippen molar-refractivity contribution in [1.29, 1.82) is 0 Å². The van der Waals surface area contributed by atoms with E-state index in [1.54, 1.807) is 11.8 Å². The Morgan fingerprint density at radius 2 is 1.81 bits per heavy atom. The predicted molar refractivity (Wildman–Crippen MR) is 82.2 cm³/mol. The van der Waals surface area contributed by atoms with E-state index in [-0.39, 0.29) is 17.8 Å². The largest absolute Gasteiger partial charge is 0.467 e. The number of ether oxygens (including phenoxy) is 1. The maximum Gasteiger partial charge on any atom is 0.328 e. The monoisotopic (exact) mass is 289 g/mol. The quantitative estimate of drug-likeness (QED) is 0.801. The molecule has 3 unspecified atom stereocenters. The first kappa shape index (κ1) is 15.5. The van der Waals surface area contributed by atoms with Crippen molar-refractivity contribution in [3.63, 3.8) is 0 Å². The molecule has 0 aliphatic heterocycles. The topological polar surface area (TPSA) is 46.6 Å². The Bertz CT molecular complexity index is 547. The highest BCUT2D eigenvalue weighted by molar-refractivity contribution is 6.02. The molecule has 1 aromatic carbocycles. The molecule has 3 atom stereocenters. The number of rotatable bonds is 4. The number of para-hydroxylation sites is 1. The molecular weight excluding hydrogens is 266 g/mol. The molecule has 0 aromatic heterocycles. The predicted octanol–water partition coefficient (Wildman–Crippen LogP) is 2.85. The van der Waals surface area contributed by atoms with Gasteiger partial charge >= 0.3 is 5.97 Å². The van der Waals surface area contributed by atoms with E-state index >= 15 is 0 Å². The summed E-state index contributed by atoms with van der Waals surface area (Å²) >= 11 is 0. The Morgan fingerprint density at radius 1 is 1.29 bits per heavy atom. The molecule has 1 saturated carbocycles. The fourth-order valence-corrected chi connectivity index (χ4v) is 2.80. The number of nitrogens with zero attached hydrogens (tertiary/aromatic N) is 1.